The summed E-state index contributed by atoms with van der Waals surface area (Å²) < 4.78 is 10.8. The van der Waals surface area contributed by atoms with Gasteiger partial charge < -0.3 is 14.8 Å². The standard InChI is InChI=1S/C10H21NO2/c1-10(5-3-6-11-9-10)13-8-4-7-12-2/h11H,3-9H2,1-2H3. The fraction of sp³-hybridized carbons (Fsp3) is 1.00. The predicted molar refractivity (Wildman–Crippen MR) is 53.0 cm³/mol. The van der Waals surface area contributed by atoms with Crippen LogP contribution in [0.2, 0.25) is 0 Å². The van der Waals surface area contributed by atoms with E-state index in [1.165, 1.54) is 12.8 Å². The first kappa shape index (κ1) is 11.0. The number of methoxy groups -OCH3 is 1. The third kappa shape index (κ3) is 4.07. The van der Waals surface area contributed by atoms with Crippen molar-refractivity contribution in [2.75, 3.05) is 33.4 Å². The number of hydrogen-bond acceptors (Lipinski definition) is 3. The molecule has 0 bridgehead atoms. The van der Waals surface area contributed by atoms with Crippen LogP contribution in [0, 0.1) is 0 Å². The van der Waals surface area contributed by atoms with Crippen LogP contribution in [0.15, 0.2) is 0 Å². The normalized spacial score (nSPS) is 29.1. The van der Waals surface area contributed by atoms with Crippen LogP contribution in [-0.4, -0.2) is 39.0 Å². The van der Waals surface area contributed by atoms with Gasteiger partial charge in [0.05, 0.1) is 5.60 Å². The van der Waals surface area contributed by atoms with E-state index in [1.54, 1.807) is 7.11 Å². The molecule has 0 aromatic heterocycles. The first-order chi connectivity index (χ1) is 6.27. The maximum absolute atomic E-state index is 5.83. The Kier molecular flexibility index (Phi) is 4.70. The molecule has 1 N–H and O–H groups in total. The zero-order valence-electron chi connectivity index (χ0n) is 8.77. The quantitative estimate of drug-likeness (QED) is 0.656. The van der Waals surface area contributed by atoms with Gasteiger partial charge in [-0.2, -0.15) is 0 Å². The molecule has 0 aromatic carbocycles. The summed E-state index contributed by atoms with van der Waals surface area (Å²) in [5, 5.41) is 3.36. The van der Waals surface area contributed by atoms with Gasteiger partial charge in [0.15, 0.2) is 0 Å². The summed E-state index contributed by atoms with van der Waals surface area (Å²) >= 11 is 0. The minimum absolute atomic E-state index is 0.0615. The summed E-state index contributed by atoms with van der Waals surface area (Å²) in [6.45, 7) is 5.92. The van der Waals surface area contributed by atoms with Crippen LogP contribution in [0.1, 0.15) is 26.2 Å². The Morgan fingerprint density at radius 1 is 1.38 bits per heavy atom. The molecule has 3 heteroatoms. The second-order valence-electron chi connectivity index (χ2n) is 3.93. The fourth-order valence-electron chi connectivity index (χ4n) is 1.67. The summed E-state index contributed by atoms with van der Waals surface area (Å²) in [4.78, 5) is 0. The van der Waals surface area contributed by atoms with Gasteiger partial charge in [0.2, 0.25) is 0 Å². The molecule has 1 fully saturated rings. The first-order valence-electron chi connectivity index (χ1n) is 5.10. The summed E-state index contributed by atoms with van der Waals surface area (Å²) in [5.41, 5.74) is 0.0615. The molecule has 0 saturated carbocycles. The smallest absolute Gasteiger partial charge is 0.0778 e. The molecular formula is C10H21NO2. The van der Waals surface area contributed by atoms with Crippen LogP contribution < -0.4 is 5.32 Å². The fourth-order valence-corrected chi connectivity index (χ4v) is 1.67. The van der Waals surface area contributed by atoms with E-state index in [0.29, 0.717) is 0 Å². The molecule has 1 aliphatic rings. The van der Waals surface area contributed by atoms with Crippen molar-refractivity contribution in [1.29, 1.82) is 0 Å². The maximum Gasteiger partial charge on any atom is 0.0778 e. The number of piperidine rings is 1. The van der Waals surface area contributed by atoms with Crippen molar-refractivity contribution >= 4 is 0 Å². The highest BCUT2D eigenvalue weighted by molar-refractivity contribution is 4.82. The lowest BCUT2D eigenvalue weighted by molar-refractivity contribution is -0.0517. The summed E-state index contributed by atoms with van der Waals surface area (Å²) in [6, 6.07) is 0. The molecule has 1 heterocycles. The van der Waals surface area contributed by atoms with Gasteiger partial charge in [0.25, 0.3) is 0 Å². The van der Waals surface area contributed by atoms with Crippen LogP contribution in [0.5, 0.6) is 0 Å². The highest BCUT2D eigenvalue weighted by atomic mass is 16.5. The van der Waals surface area contributed by atoms with Crippen molar-refractivity contribution in [3.8, 4) is 0 Å². The van der Waals surface area contributed by atoms with Crippen LogP contribution in [0.3, 0.4) is 0 Å². The first-order valence-corrected chi connectivity index (χ1v) is 5.10. The lowest BCUT2D eigenvalue weighted by atomic mass is 9.96. The molecule has 1 saturated heterocycles. The molecule has 13 heavy (non-hydrogen) atoms. The molecule has 1 aliphatic heterocycles. The number of ether oxygens (including phenoxy) is 2. The van der Waals surface area contributed by atoms with Crippen molar-refractivity contribution in [2.45, 2.75) is 31.8 Å². The molecular weight excluding hydrogens is 166 g/mol. The third-order valence-corrected chi connectivity index (χ3v) is 2.50. The lowest BCUT2D eigenvalue weighted by Crippen LogP contribution is -2.45. The highest BCUT2D eigenvalue weighted by Crippen LogP contribution is 2.19. The van der Waals surface area contributed by atoms with Gasteiger partial charge in [-0.3, -0.25) is 0 Å². The van der Waals surface area contributed by atoms with Crippen molar-refractivity contribution in [2.24, 2.45) is 0 Å². The zero-order chi connectivity index (χ0) is 9.57. The average Bonchev–Trinajstić information content (AvgIpc) is 2.14. The van der Waals surface area contributed by atoms with Gasteiger partial charge >= 0.3 is 0 Å². The van der Waals surface area contributed by atoms with Crippen molar-refractivity contribution in [1.82, 2.24) is 5.32 Å². The molecule has 0 aromatic rings. The predicted octanol–water partition coefficient (Wildman–Crippen LogP) is 1.18. The van der Waals surface area contributed by atoms with Crippen LogP contribution in [0.4, 0.5) is 0 Å². The maximum atomic E-state index is 5.83. The highest BCUT2D eigenvalue weighted by Gasteiger charge is 2.26. The number of hydrogen-bond donors (Lipinski definition) is 1. The van der Waals surface area contributed by atoms with Crippen LogP contribution >= 0.6 is 0 Å². The monoisotopic (exact) mass is 187 g/mol. The summed E-state index contributed by atoms with van der Waals surface area (Å²) in [7, 11) is 1.73. The van der Waals surface area contributed by atoms with Crippen molar-refractivity contribution in [3.05, 3.63) is 0 Å². The van der Waals surface area contributed by atoms with E-state index in [9.17, 15) is 0 Å². The molecule has 0 radical (unpaired) electrons. The Morgan fingerprint density at radius 3 is 2.85 bits per heavy atom. The van der Waals surface area contributed by atoms with Gasteiger partial charge in [-0.15, -0.1) is 0 Å². The van der Waals surface area contributed by atoms with Crippen molar-refractivity contribution in [3.63, 3.8) is 0 Å². The second kappa shape index (κ2) is 5.58. The van der Waals surface area contributed by atoms with Gasteiger partial charge in [-0.05, 0) is 32.7 Å². The van der Waals surface area contributed by atoms with E-state index in [1.807, 2.05) is 0 Å². The Morgan fingerprint density at radius 2 is 2.23 bits per heavy atom. The third-order valence-electron chi connectivity index (χ3n) is 2.50. The van der Waals surface area contributed by atoms with Gasteiger partial charge in [-0.25, -0.2) is 0 Å². The second-order valence-corrected chi connectivity index (χ2v) is 3.93. The van der Waals surface area contributed by atoms with E-state index in [4.69, 9.17) is 9.47 Å². The van der Waals surface area contributed by atoms with E-state index >= 15 is 0 Å². The van der Waals surface area contributed by atoms with Gasteiger partial charge in [-0.1, -0.05) is 0 Å². The Balaban J connectivity index is 2.10. The molecule has 0 aliphatic carbocycles. The lowest BCUT2D eigenvalue weighted by Gasteiger charge is -2.34. The van der Waals surface area contributed by atoms with Gasteiger partial charge in [0, 0.05) is 26.9 Å². The zero-order valence-corrected chi connectivity index (χ0v) is 8.77. The molecule has 1 rings (SSSR count). The van der Waals surface area contributed by atoms with E-state index < -0.39 is 0 Å². The van der Waals surface area contributed by atoms with Crippen LogP contribution in [-0.2, 0) is 9.47 Å². The molecule has 0 amide bonds. The summed E-state index contributed by atoms with van der Waals surface area (Å²) in [5.74, 6) is 0. The van der Waals surface area contributed by atoms with E-state index in [0.717, 1.165) is 32.7 Å². The molecule has 78 valence electrons. The van der Waals surface area contributed by atoms with Gasteiger partial charge in [0.1, 0.15) is 0 Å². The molecule has 0 spiro atoms. The molecule has 3 nitrogen and oxygen atoms in total. The summed E-state index contributed by atoms with van der Waals surface area (Å²) in [6.07, 6.45) is 3.39. The Labute approximate surface area is 80.8 Å². The Bertz CT molecular complexity index is 133. The SMILES string of the molecule is COCCCOC1(C)CCCNC1. The topological polar surface area (TPSA) is 30.5 Å². The number of rotatable bonds is 5. The largest absolute Gasteiger partial charge is 0.385 e. The minimum atomic E-state index is 0.0615. The molecule has 1 unspecified atom stereocenters. The number of nitrogens with one attached hydrogen (secondary N) is 1. The van der Waals surface area contributed by atoms with Crippen LogP contribution in [0.25, 0.3) is 0 Å². The Hall–Kier alpha value is -0.120. The van der Waals surface area contributed by atoms with E-state index in [-0.39, 0.29) is 5.60 Å². The minimum Gasteiger partial charge on any atom is -0.385 e. The van der Waals surface area contributed by atoms with E-state index in [2.05, 4.69) is 12.2 Å². The van der Waals surface area contributed by atoms with Crippen molar-refractivity contribution < 1.29 is 9.47 Å². The average molecular weight is 187 g/mol. The molecule has 1 atom stereocenters.